The van der Waals surface area contributed by atoms with Crippen molar-refractivity contribution >= 4 is 38.5 Å². The largest absolute Gasteiger partial charge is 0.426 e. The first-order valence-electron chi connectivity index (χ1n) is 8.63. The molecule has 3 nitrogen and oxygen atoms in total. The first-order chi connectivity index (χ1) is 11.7. The van der Waals surface area contributed by atoms with Gasteiger partial charge >= 0.3 is 5.97 Å². The molecule has 0 saturated heterocycles. The highest BCUT2D eigenvalue weighted by Gasteiger charge is 2.77. The summed E-state index contributed by atoms with van der Waals surface area (Å²) in [7, 11) is 0. The molecular weight excluding hydrogens is 380 g/mol. The van der Waals surface area contributed by atoms with Crippen molar-refractivity contribution in [2.24, 2.45) is 16.2 Å². The molecule has 2 aliphatic carbocycles. The van der Waals surface area contributed by atoms with Crippen molar-refractivity contribution in [3.8, 4) is 5.75 Å². The normalized spacial score (nSPS) is 33.0. The van der Waals surface area contributed by atoms with Crippen molar-refractivity contribution in [3.05, 3.63) is 42.5 Å². The lowest BCUT2D eigenvalue weighted by molar-refractivity contribution is -0.150. The zero-order valence-corrected chi connectivity index (χ0v) is 16.2. The Hall–Kier alpha value is -1.68. The first-order valence-corrected chi connectivity index (χ1v) is 9.55. The van der Waals surface area contributed by atoms with Gasteiger partial charge in [0.15, 0.2) is 5.78 Å². The molecule has 2 saturated carbocycles. The average Bonchev–Trinajstić information content (AvgIpc) is 2.86. The van der Waals surface area contributed by atoms with Crippen LogP contribution in [0.25, 0.3) is 10.8 Å². The zero-order chi connectivity index (χ0) is 18.0. The fourth-order valence-electron chi connectivity index (χ4n) is 4.83. The van der Waals surface area contributed by atoms with E-state index in [1.54, 1.807) is 0 Å². The van der Waals surface area contributed by atoms with Gasteiger partial charge in [-0.2, -0.15) is 0 Å². The van der Waals surface area contributed by atoms with E-state index in [2.05, 4.69) is 15.9 Å². The fraction of sp³-hybridized carbons (Fsp3) is 0.429. The van der Waals surface area contributed by atoms with Gasteiger partial charge in [0.05, 0.1) is 10.2 Å². The molecule has 2 bridgehead atoms. The topological polar surface area (TPSA) is 43.4 Å². The Bertz CT molecular complexity index is 903. The lowest BCUT2D eigenvalue weighted by atomic mass is 9.65. The molecule has 0 aliphatic heterocycles. The zero-order valence-electron chi connectivity index (χ0n) is 14.6. The number of fused-ring (bicyclic) bond motifs is 3. The van der Waals surface area contributed by atoms with Gasteiger partial charge in [-0.3, -0.25) is 9.59 Å². The van der Waals surface area contributed by atoms with Crippen LogP contribution in [0.5, 0.6) is 5.75 Å². The Kier molecular flexibility index (Phi) is 3.46. The summed E-state index contributed by atoms with van der Waals surface area (Å²) in [5, 5.41) is 2.13. The van der Waals surface area contributed by atoms with Gasteiger partial charge in [0.1, 0.15) is 5.75 Å². The maximum absolute atomic E-state index is 13.2. The monoisotopic (exact) mass is 400 g/mol. The number of esters is 1. The number of benzene rings is 2. The molecular formula is C21H21BrO3. The Morgan fingerprint density at radius 3 is 2.40 bits per heavy atom. The summed E-state index contributed by atoms with van der Waals surface area (Å²) < 4.78 is 5.81. The van der Waals surface area contributed by atoms with E-state index in [-0.39, 0.29) is 11.8 Å². The van der Waals surface area contributed by atoms with Crippen LogP contribution in [-0.4, -0.2) is 16.6 Å². The van der Waals surface area contributed by atoms with Crippen LogP contribution in [-0.2, 0) is 9.59 Å². The Morgan fingerprint density at radius 1 is 1.08 bits per heavy atom. The second kappa shape index (κ2) is 5.16. The third-order valence-electron chi connectivity index (χ3n) is 7.02. The van der Waals surface area contributed by atoms with Gasteiger partial charge in [-0.1, -0.05) is 67.0 Å². The van der Waals surface area contributed by atoms with Crippen LogP contribution in [0.15, 0.2) is 42.5 Å². The number of ketones is 1. The number of hydrogen-bond acceptors (Lipinski definition) is 3. The average molecular weight is 401 g/mol. The molecule has 0 spiro atoms. The van der Waals surface area contributed by atoms with Gasteiger partial charge < -0.3 is 4.74 Å². The summed E-state index contributed by atoms with van der Waals surface area (Å²) in [6.07, 6.45) is 1.40. The number of hydrogen-bond donors (Lipinski definition) is 0. The SMILES string of the molecule is CC12CCC(C(=O)Oc3ccc4ccccc4c3)(C(Br)C1=O)C2(C)C. The van der Waals surface area contributed by atoms with Crippen LogP contribution in [0.4, 0.5) is 0 Å². The van der Waals surface area contributed by atoms with E-state index in [1.807, 2.05) is 63.2 Å². The van der Waals surface area contributed by atoms with Gasteiger partial charge in [0.2, 0.25) is 0 Å². The van der Waals surface area contributed by atoms with Gasteiger partial charge in [-0.05, 0) is 41.2 Å². The molecule has 0 aromatic heterocycles. The number of carbonyl (C=O) groups is 2. The third kappa shape index (κ3) is 1.92. The summed E-state index contributed by atoms with van der Waals surface area (Å²) in [6.45, 7) is 6.04. The highest BCUT2D eigenvalue weighted by atomic mass is 79.9. The Labute approximate surface area is 155 Å². The second-order valence-corrected chi connectivity index (χ2v) is 8.97. The first kappa shape index (κ1) is 16.8. The van der Waals surface area contributed by atoms with Crippen molar-refractivity contribution in [1.29, 1.82) is 0 Å². The highest BCUT2D eigenvalue weighted by Crippen LogP contribution is 2.72. The molecule has 0 amide bonds. The standard InChI is InChI=1S/C21H21BrO3/c1-19(2)20(3)10-11-21(19,16(22)17(20)23)18(24)25-15-9-8-13-6-4-5-7-14(13)12-15/h4-9,12,16H,10-11H2,1-3H3. The molecule has 4 rings (SSSR count). The molecule has 4 heteroatoms. The number of Topliss-reactive ketones (excluding diaryl/α,β-unsaturated/α-hetero) is 1. The predicted octanol–water partition coefficient (Wildman–Crippen LogP) is 4.90. The predicted molar refractivity (Wildman–Crippen MR) is 101 cm³/mol. The van der Waals surface area contributed by atoms with Crippen molar-refractivity contribution in [1.82, 2.24) is 0 Å². The van der Waals surface area contributed by atoms with Crippen molar-refractivity contribution in [3.63, 3.8) is 0 Å². The lowest BCUT2D eigenvalue weighted by Crippen LogP contribution is -2.47. The van der Waals surface area contributed by atoms with Crippen LogP contribution in [0, 0.1) is 16.2 Å². The van der Waals surface area contributed by atoms with E-state index in [9.17, 15) is 9.59 Å². The summed E-state index contributed by atoms with van der Waals surface area (Å²) >= 11 is 3.53. The van der Waals surface area contributed by atoms with E-state index in [0.29, 0.717) is 12.2 Å². The minimum Gasteiger partial charge on any atom is -0.426 e. The number of alkyl halides is 1. The van der Waals surface area contributed by atoms with E-state index < -0.39 is 21.1 Å². The van der Waals surface area contributed by atoms with E-state index in [1.165, 1.54) is 0 Å². The van der Waals surface area contributed by atoms with Crippen LogP contribution in [0.3, 0.4) is 0 Å². The van der Waals surface area contributed by atoms with E-state index in [0.717, 1.165) is 17.2 Å². The number of carbonyl (C=O) groups excluding carboxylic acids is 2. The molecule has 2 fully saturated rings. The molecule has 2 aromatic rings. The number of rotatable bonds is 2. The maximum Gasteiger partial charge on any atom is 0.319 e. The van der Waals surface area contributed by atoms with Gasteiger partial charge in [0, 0.05) is 5.41 Å². The Morgan fingerprint density at radius 2 is 1.76 bits per heavy atom. The molecule has 3 atom stereocenters. The molecule has 3 unspecified atom stereocenters. The number of ether oxygens (including phenoxy) is 1. The summed E-state index contributed by atoms with van der Waals surface area (Å²) in [6, 6.07) is 13.6. The molecule has 0 radical (unpaired) electrons. The number of halogens is 1. The molecule has 0 heterocycles. The summed E-state index contributed by atoms with van der Waals surface area (Å²) in [4.78, 5) is 25.5. The highest BCUT2D eigenvalue weighted by molar-refractivity contribution is 9.10. The van der Waals surface area contributed by atoms with Gasteiger partial charge in [0.25, 0.3) is 0 Å². The van der Waals surface area contributed by atoms with Crippen LogP contribution < -0.4 is 4.74 Å². The van der Waals surface area contributed by atoms with Crippen molar-refractivity contribution < 1.29 is 14.3 Å². The lowest BCUT2D eigenvalue weighted by Gasteiger charge is -2.38. The van der Waals surface area contributed by atoms with Crippen LogP contribution >= 0.6 is 15.9 Å². The minimum absolute atomic E-state index is 0.124. The smallest absolute Gasteiger partial charge is 0.319 e. The van der Waals surface area contributed by atoms with Crippen molar-refractivity contribution in [2.45, 2.75) is 38.4 Å². The van der Waals surface area contributed by atoms with E-state index in [4.69, 9.17) is 4.74 Å². The van der Waals surface area contributed by atoms with Gasteiger partial charge in [-0.25, -0.2) is 0 Å². The second-order valence-electron chi connectivity index (χ2n) is 8.05. The molecule has 25 heavy (non-hydrogen) atoms. The maximum atomic E-state index is 13.2. The third-order valence-corrected chi connectivity index (χ3v) is 8.21. The molecule has 0 N–H and O–H groups in total. The fourth-order valence-corrected chi connectivity index (χ4v) is 6.33. The molecule has 2 aromatic carbocycles. The Balaban J connectivity index is 1.71. The van der Waals surface area contributed by atoms with Crippen molar-refractivity contribution in [2.75, 3.05) is 0 Å². The summed E-state index contributed by atoms with van der Waals surface area (Å²) in [5.74, 6) is 0.352. The quantitative estimate of drug-likeness (QED) is 0.408. The van der Waals surface area contributed by atoms with Gasteiger partial charge in [-0.15, -0.1) is 0 Å². The molecule has 2 aliphatic rings. The molecule has 130 valence electrons. The van der Waals surface area contributed by atoms with E-state index >= 15 is 0 Å². The van der Waals surface area contributed by atoms with Crippen LogP contribution in [0.2, 0.25) is 0 Å². The summed E-state index contributed by atoms with van der Waals surface area (Å²) in [5.41, 5.74) is -1.74. The minimum atomic E-state index is -0.815. The van der Waals surface area contributed by atoms with Crippen LogP contribution in [0.1, 0.15) is 33.6 Å².